The van der Waals surface area contributed by atoms with E-state index in [1.54, 1.807) is 0 Å². The number of carbonyl (C=O) groups excluding carboxylic acids is 1. The van der Waals surface area contributed by atoms with Gasteiger partial charge in [0.25, 0.3) is 0 Å². The highest BCUT2D eigenvalue weighted by Gasteiger charge is 2.21. The molecule has 0 fully saturated rings. The molecular weight excluding hydrogens is 268 g/mol. The van der Waals surface area contributed by atoms with Crippen LogP contribution < -0.4 is 11.1 Å². The van der Waals surface area contributed by atoms with Gasteiger partial charge >= 0.3 is 0 Å². The third kappa shape index (κ3) is 4.53. The Balaban J connectivity index is 1.78. The molecule has 1 aromatic carbocycles. The molecule has 1 aliphatic heterocycles. The van der Waals surface area contributed by atoms with E-state index in [0.717, 1.165) is 44.4 Å². The van der Waals surface area contributed by atoms with Crippen molar-refractivity contribution in [2.75, 3.05) is 12.3 Å². The predicted molar refractivity (Wildman–Crippen MR) is 84.8 cm³/mol. The van der Waals surface area contributed by atoms with Gasteiger partial charge in [0, 0.05) is 17.1 Å². The van der Waals surface area contributed by atoms with Gasteiger partial charge in [0.15, 0.2) is 0 Å². The van der Waals surface area contributed by atoms with Crippen molar-refractivity contribution in [3.05, 3.63) is 29.8 Å². The maximum absolute atomic E-state index is 12.0. The van der Waals surface area contributed by atoms with E-state index in [1.165, 1.54) is 10.5 Å². The summed E-state index contributed by atoms with van der Waals surface area (Å²) in [6.07, 6.45) is 5.93. The van der Waals surface area contributed by atoms with Crippen molar-refractivity contribution in [3.8, 4) is 0 Å². The van der Waals surface area contributed by atoms with Crippen molar-refractivity contribution in [3.63, 3.8) is 0 Å². The third-order valence-corrected chi connectivity index (χ3v) is 4.77. The molecule has 1 aliphatic rings. The maximum atomic E-state index is 12.0. The lowest BCUT2D eigenvalue weighted by Gasteiger charge is -2.25. The fraction of sp³-hybridized carbons (Fsp3) is 0.562. The summed E-state index contributed by atoms with van der Waals surface area (Å²) in [5.41, 5.74) is 6.74. The number of carbonyl (C=O) groups is 1. The number of nitrogens with two attached hydrogens (primary N) is 1. The molecule has 1 unspecified atom stereocenters. The van der Waals surface area contributed by atoms with E-state index < -0.39 is 0 Å². The fourth-order valence-electron chi connectivity index (χ4n) is 2.54. The molecule has 20 heavy (non-hydrogen) atoms. The molecule has 0 radical (unpaired) electrons. The first kappa shape index (κ1) is 15.4. The van der Waals surface area contributed by atoms with Crippen LogP contribution in [-0.4, -0.2) is 18.2 Å². The first-order valence-electron chi connectivity index (χ1n) is 7.52. The smallest absolute Gasteiger partial charge is 0.220 e. The molecule has 0 saturated carbocycles. The zero-order valence-electron chi connectivity index (χ0n) is 11.9. The minimum atomic E-state index is 0.185. The van der Waals surface area contributed by atoms with Crippen molar-refractivity contribution >= 4 is 17.7 Å². The normalized spacial score (nSPS) is 17.6. The van der Waals surface area contributed by atoms with Crippen LogP contribution in [0, 0.1) is 0 Å². The lowest BCUT2D eigenvalue weighted by atomic mass is 10.0. The summed E-state index contributed by atoms with van der Waals surface area (Å²) in [5, 5.41) is 3.19. The first-order valence-corrected chi connectivity index (χ1v) is 8.51. The largest absolute Gasteiger partial charge is 0.349 e. The molecule has 0 bridgehead atoms. The van der Waals surface area contributed by atoms with E-state index in [2.05, 4.69) is 29.6 Å². The van der Waals surface area contributed by atoms with E-state index in [4.69, 9.17) is 5.73 Å². The van der Waals surface area contributed by atoms with Gasteiger partial charge in [0.05, 0.1) is 6.04 Å². The fourth-order valence-corrected chi connectivity index (χ4v) is 3.67. The highest BCUT2D eigenvalue weighted by molar-refractivity contribution is 7.99. The molecule has 3 nitrogen and oxygen atoms in total. The van der Waals surface area contributed by atoms with Gasteiger partial charge in [-0.25, -0.2) is 0 Å². The summed E-state index contributed by atoms with van der Waals surface area (Å²) in [5.74, 6) is 1.27. The average Bonchev–Trinajstić information content (AvgIpc) is 2.47. The number of thioether (sulfide) groups is 1. The number of benzene rings is 1. The summed E-state index contributed by atoms with van der Waals surface area (Å²) in [4.78, 5) is 13.3. The standard InChI is InChI=1S/C16H24N2OS/c17-11-6-2-1-3-9-16(19)18-14-10-12-20-15-8-5-4-7-13(14)15/h4-5,7-8,14H,1-3,6,9-12,17H2,(H,18,19). The van der Waals surface area contributed by atoms with Crippen LogP contribution in [0.5, 0.6) is 0 Å². The van der Waals surface area contributed by atoms with Crippen LogP contribution in [0.25, 0.3) is 0 Å². The average molecular weight is 292 g/mol. The van der Waals surface area contributed by atoms with E-state index in [-0.39, 0.29) is 11.9 Å². The Labute approximate surface area is 125 Å². The predicted octanol–water partition coefficient (Wildman–Crippen LogP) is 3.25. The summed E-state index contributed by atoms with van der Waals surface area (Å²) < 4.78 is 0. The second-order valence-electron chi connectivity index (χ2n) is 5.25. The van der Waals surface area contributed by atoms with Crippen LogP contribution in [0.15, 0.2) is 29.2 Å². The molecule has 110 valence electrons. The highest BCUT2D eigenvalue weighted by atomic mass is 32.2. The summed E-state index contributed by atoms with van der Waals surface area (Å²) >= 11 is 1.88. The van der Waals surface area contributed by atoms with Crippen molar-refractivity contribution in [1.29, 1.82) is 0 Å². The van der Waals surface area contributed by atoms with Gasteiger partial charge < -0.3 is 11.1 Å². The zero-order valence-corrected chi connectivity index (χ0v) is 12.8. The molecule has 0 spiro atoms. The van der Waals surface area contributed by atoms with Crippen LogP contribution in [0.1, 0.15) is 50.1 Å². The highest BCUT2D eigenvalue weighted by Crippen LogP contribution is 2.35. The van der Waals surface area contributed by atoms with E-state index in [9.17, 15) is 4.79 Å². The lowest BCUT2D eigenvalue weighted by molar-refractivity contribution is -0.122. The number of amides is 1. The number of hydrogen-bond donors (Lipinski definition) is 2. The van der Waals surface area contributed by atoms with Crippen molar-refractivity contribution in [2.24, 2.45) is 5.73 Å². The summed E-state index contributed by atoms with van der Waals surface area (Å²) in [6.45, 7) is 0.753. The Kier molecular flexibility index (Phi) is 6.40. The van der Waals surface area contributed by atoms with Gasteiger partial charge in [-0.2, -0.15) is 0 Å². The Morgan fingerprint density at radius 2 is 2.05 bits per heavy atom. The van der Waals surface area contributed by atoms with E-state index in [0.29, 0.717) is 6.42 Å². The minimum Gasteiger partial charge on any atom is -0.349 e. The summed E-state index contributed by atoms with van der Waals surface area (Å²) in [7, 11) is 0. The van der Waals surface area contributed by atoms with Crippen LogP contribution in [0.3, 0.4) is 0 Å². The minimum absolute atomic E-state index is 0.185. The molecule has 0 saturated heterocycles. The number of fused-ring (bicyclic) bond motifs is 1. The van der Waals surface area contributed by atoms with Gasteiger partial charge in [-0.15, -0.1) is 11.8 Å². The molecule has 3 N–H and O–H groups in total. The van der Waals surface area contributed by atoms with Gasteiger partial charge in [0.1, 0.15) is 0 Å². The zero-order chi connectivity index (χ0) is 14.2. The molecule has 4 heteroatoms. The Hall–Kier alpha value is -1.00. The molecule has 1 heterocycles. The second-order valence-corrected chi connectivity index (χ2v) is 6.38. The SMILES string of the molecule is NCCCCCCC(=O)NC1CCSc2ccccc21. The maximum Gasteiger partial charge on any atom is 0.220 e. The Bertz CT molecular complexity index is 436. The van der Waals surface area contributed by atoms with Gasteiger partial charge in [-0.3, -0.25) is 4.79 Å². The van der Waals surface area contributed by atoms with Crippen molar-refractivity contribution in [1.82, 2.24) is 5.32 Å². The van der Waals surface area contributed by atoms with Crippen LogP contribution in [0.4, 0.5) is 0 Å². The number of hydrogen-bond acceptors (Lipinski definition) is 3. The molecule has 0 aromatic heterocycles. The van der Waals surface area contributed by atoms with Gasteiger partial charge in [-0.1, -0.05) is 31.0 Å². The molecule has 1 amide bonds. The molecule has 0 aliphatic carbocycles. The summed E-state index contributed by atoms with van der Waals surface area (Å²) in [6, 6.07) is 8.59. The van der Waals surface area contributed by atoms with Crippen molar-refractivity contribution in [2.45, 2.75) is 49.5 Å². The number of rotatable bonds is 7. The molecule has 2 rings (SSSR count). The molecular formula is C16H24N2OS. The Morgan fingerprint density at radius 3 is 2.90 bits per heavy atom. The number of nitrogens with one attached hydrogen (secondary N) is 1. The topological polar surface area (TPSA) is 55.1 Å². The lowest BCUT2D eigenvalue weighted by Crippen LogP contribution is -2.30. The van der Waals surface area contributed by atoms with Crippen LogP contribution in [-0.2, 0) is 4.79 Å². The van der Waals surface area contributed by atoms with E-state index >= 15 is 0 Å². The van der Waals surface area contributed by atoms with Crippen LogP contribution in [0.2, 0.25) is 0 Å². The Morgan fingerprint density at radius 1 is 1.25 bits per heavy atom. The van der Waals surface area contributed by atoms with E-state index in [1.807, 2.05) is 11.8 Å². The van der Waals surface area contributed by atoms with Crippen LogP contribution >= 0.6 is 11.8 Å². The second kappa shape index (κ2) is 8.32. The van der Waals surface area contributed by atoms with Gasteiger partial charge in [-0.05, 0) is 37.4 Å². The molecule has 1 aromatic rings. The van der Waals surface area contributed by atoms with Crippen molar-refractivity contribution < 1.29 is 4.79 Å². The monoisotopic (exact) mass is 292 g/mol. The quantitative estimate of drug-likeness (QED) is 0.759. The first-order chi connectivity index (χ1) is 9.81. The van der Waals surface area contributed by atoms with Gasteiger partial charge in [0.2, 0.25) is 5.91 Å². The molecule has 1 atom stereocenters. The number of unbranched alkanes of at least 4 members (excludes halogenated alkanes) is 3. The third-order valence-electron chi connectivity index (χ3n) is 3.65.